The molecule has 2 aromatic carbocycles. The number of anilines is 4. The molecular formula is C48H54F18N14O14. The number of aromatic nitrogens is 2. The summed E-state index contributed by atoms with van der Waals surface area (Å²) in [5.41, 5.74) is 15.8. The third-order valence-electron chi connectivity index (χ3n) is 10.8. The van der Waals surface area contributed by atoms with Crippen molar-refractivity contribution in [3.8, 4) is 11.5 Å². The van der Waals surface area contributed by atoms with Gasteiger partial charge in [-0.3, -0.25) is 29.2 Å². The first kappa shape index (κ1) is 82.1. The Bertz CT molecular complexity index is 2890. The summed E-state index contributed by atoms with van der Waals surface area (Å²) < 4.78 is 225. The molecule has 0 radical (unpaired) electrons. The van der Waals surface area contributed by atoms with Crippen LogP contribution < -0.4 is 64.3 Å². The van der Waals surface area contributed by atoms with Crippen LogP contribution in [0.5, 0.6) is 11.5 Å². The Morgan fingerprint density at radius 1 is 0.468 bits per heavy atom. The number of nitrogens with zero attached hydrogens (tertiary/aromatic N) is 4. The molecule has 2 atom stereocenters. The summed E-state index contributed by atoms with van der Waals surface area (Å²) in [6.45, 7) is 2.05. The van der Waals surface area contributed by atoms with Crippen molar-refractivity contribution in [1.82, 2.24) is 20.6 Å². The molecule has 1 aromatic heterocycles. The van der Waals surface area contributed by atoms with Gasteiger partial charge in [-0.05, 0) is 75.9 Å². The summed E-state index contributed by atoms with van der Waals surface area (Å²) in [7, 11) is 0. The van der Waals surface area contributed by atoms with Crippen LogP contribution >= 0.6 is 0 Å². The Labute approximate surface area is 514 Å². The number of hydrogen-bond donors (Lipinski definition) is 14. The lowest BCUT2D eigenvalue weighted by Crippen LogP contribution is -2.24. The molecular weight excluding hydrogens is 1340 g/mol. The maximum absolute atomic E-state index is 14.3. The highest BCUT2D eigenvalue weighted by Crippen LogP contribution is 2.44. The van der Waals surface area contributed by atoms with Crippen molar-refractivity contribution < 1.29 is 147 Å². The van der Waals surface area contributed by atoms with Gasteiger partial charge >= 0.3 is 60.9 Å². The van der Waals surface area contributed by atoms with Crippen molar-refractivity contribution in [2.75, 3.05) is 60.5 Å². The van der Waals surface area contributed by atoms with E-state index < -0.39 is 142 Å². The summed E-state index contributed by atoms with van der Waals surface area (Å²) in [5, 5.41) is 44.2. The van der Waals surface area contributed by atoms with Gasteiger partial charge in [0.05, 0.1) is 33.9 Å². The van der Waals surface area contributed by atoms with Crippen LogP contribution in [0, 0.1) is 0 Å². The zero-order chi connectivity index (χ0) is 72.3. The summed E-state index contributed by atoms with van der Waals surface area (Å²) in [6.07, 6.45) is -28.7. The van der Waals surface area contributed by atoms with E-state index in [1.165, 1.54) is 0 Å². The molecule has 18 N–H and O–H groups in total. The topological polar surface area (TPSA) is 463 Å². The molecule has 0 aliphatic carbocycles. The van der Waals surface area contributed by atoms with E-state index in [1.54, 1.807) is 0 Å². The quantitative estimate of drug-likeness (QED) is 0.0275. The number of ether oxygens (including phenoxy) is 2. The van der Waals surface area contributed by atoms with E-state index in [-0.39, 0.29) is 62.2 Å². The van der Waals surface area contributed by atoms with Crippen LogP contribution in [0.1, 0.15) is 83.5 Å². The molecule has 0 spiro atoms. The molecule has 2 fully saturated rings. The number of aliphatic imine (C=N–C) groups is 2. The Hall–Kier alpha value is -9.92. The first-order chi connectivity index (χ1) is 43.0. The molecule has 3 heterocycles. The smallest absolute Gasteiger partial charge is 0.485 e. The molecule has 94 heavy (non-hydrogen) atoms. The Morgan fingerprint density at radius 3 is 0.979 bits per heavy atom. The lowest BCUT2D eigenvalue weighted by Gasteiger charge is -2.22. The van der Waals surface area contributed by atoms with E-state index in [1.807, 2.05) is 0 Å². The van der Waals surface area contributed by atoms with E-state index >= 15 is 0 Å². The number of aliphatic carboxylic acids is 4. The second-order valence-electron chi connectivity index (χ2n) is 18.3. The highest BCUT2D eigenvalue weighted by Gasteiger charge is 2.41. The molecule has 2 saturated heterocycles. The van der Waals surface area contributed by atoms with E-state index in [0.717, 1.165) is 12.4 Å². The zero-order valence-electron chi connectivity index (χ0n) is 47.3. The maximum atomic E-state index is 14.3. The molecule has 46 heteroatoms. The fraction of sp³-hybridized carbons (Fsp3) is 0.458. The molecule has 2 aliphatic heterocycles. The van der Waals surface area contributed by atoms with Crippen molar-refractivity contribution in [3.63, 3.8) is 0 Å². The molecule has 3 aromatic rings. The molecule has 4 amide bonds. The fourth-order valence-electron chi connectivity index (χ4n) is 6.62. The second-order valence-corrected chi connectivity index (χ2v) is 18.3. The highest BCUT2D eigenvalue weighted by atomic mass is 19.4. The first-order valence-electron chi connectivity index (χ1n) is 25.6. The largest absolute Gasteiger partial charge is 0.490 e. The van der Waals surface area contributed by atoms with Crippen LogP contribution in [0.2, 0.25) is 0 Å². The third kappa shape index (κ3) is 31.9. The average molecular weight is 1390 g/mol. The van der Waals surface area contributed by atoms with Crippen LogP contribution in [-0.4, -0.2) is 166 Å². The summed E-state index contributed by atoms with van der Waals surface area (Å²) in [5.74, 6) is -15.6. The predicted molar refractivity (Wildman–Crippen MR) is 286 cm³/mol. The molecule has 0 unspecified atom stereocenters. The summed E-state index contributed by atoms with van der Waals surface area (Å²) in [6, 6.07) is 3.40. The molecule has 28 nitrogen and oxygen atoms in total. The van der Waals surface area contributed by atoms with Gasteiger partial charge in [-0.1, -0.05) is 0 Å². The Morgan fingerprint density at radius 2 is 0.745 bits per heavy atom. The molecule has 2 aliphatic rings. The standard InChI is InChI=1S/C40H50F6N14O6.4C2HF3O2/c41-39(42,43)21-13-25(57-31(61)5-1-3-9-53-37(47)48)33(65-23-7-11-51-18-23)27(15-21)59-35(63)29-17-30(56-20-55-29)36(64)60-28-16-22(40(44,45)46)14-26(34(28)66-24-8-12-52-19-24)58-32(62)6-2-4-10-54-38(49)50;4*3-2(4,5)1(6)7/h13-17,20,23-24,51-52H,1-12,18-19H2,(H,57,61)(H,58,62)(H,59,63)(H,60,64)(H4,47,48,53)(H4,49,50,54);4*(H,6,7)/t23-,24-;;;;/m1..../s1. The number of carboxylic acid groups (broad SMARTS) is 4. The van der Waals surface area contributed by atoms with Gasteiger partial charge in [-0.2, -0.15) is 79.0 Å². The minimum absolute atomic E-state index is 0.126. The van der Waals surface area contributed by atoms with Gasteiger partial charge in [0.25, 0.3) is 11.8 Å². The second kappa shape index (κ2) is 36.4. The number of hydrogen-bond acceptors (Lipinski definition) is 16. The fourth-order valence-corrected chi connectivity index (χ4v) is 6.62. The minimum atomic E-state index is -5.08. The Balaban J connectivity index is 0.00000130. The van der Waals surface area contributed by atoms with E-state index in [4.69, 9.17) is 72.0 Å². The number of carbonyl (C=O) groups is 8. The van der Waals surface area contributed by atoms with Gasteiger partial charge < -0.3 is 84.7 Å². The summed E-state index contributed by atoms with van der Waals surface area (Å²) >= 11 is 0. The number of amides is 4. The van der Waals surface area contributed by atoms with Crippen LogP contribution in [-0.2, 0) is 41.1 Å². The number of nitrogens with two attached hydrogens (primary N) is 4. The monoisotopic (exact) mass is 1390 g/mol. The number of alkyl halides is 18. The molecule has 5 rings (SSSR count). The van der Waals surface area contributed by atoms with Crippen molar-refractivity contribution in [2.45, 2.75) is 101 Å². The molecule has 0 bridgehead atoms. The molecule has 526 valence electrons. The van der Waals surface area contributed by atoms with Crippen LogP contribution in [0.25, 0.3) is 0 Å². The van der Waals surface area contributed by atoms with Gasteiger partial charge in [-0.15, -0.1) is 0 Å². The van der Waals surface area contributed by atoms with Crippen molar-refractivity contribution in [1.29, 1.82) is 0 Å². The van der Waals surface area contributed by atoms with Gasteiger partial charge in [0, 0.05) is 45.1 Å². The number of carboxylic acids is 4. The van der Waals surface area contributed by atoms with Gasteiger partial charge in [0.15, 0.2) is 23.4 Å². The van der Waals surface area contributed by atoms with Crippen LogP contribution in [0.4, 0.5) is 102 Å². The van der Waals surface area contributed by atoms with Crippen molar-refractivity contribution >= 4 is 82.2 Å². The van der Waals surface area contributed by atoms with E-state index in [0.29, 0.717) is 76.1 Å². The van der Waals surface area contributed by atoms with Crippen LogP contribution in [0.3, 0.4) is 0 Å². The summed E-state index contributed by atoms with van der Waals surface area (Å²) in [4.78, 5) is 104. The van der Waals surface area contributed by atoms with Gasteiger partial charge in [0.2, 0.25) is 11.8 Å². The maximum Gasteiger partial charge on any atom is 0.490 e. The van der Waals surface area contributed by atoms with Gasteiger partial charge in [-0.25, -0.2) is 29.1 Å². The third-order valence-corrected chi connectivity index (χ3v) is 10.8. The SMILES string of the molecule is NC(N)=NCCCCC(=O)Nc1cc(C(F)(F)F)cc(NC(=O)c2cc(C(=O)Nc3cc(C(F)(F)F)cc(NC(=O)CCCCN=C(N)N)c3O[C@@H]3CCNC3)ncn2)c1O[C@@H]1CCNC1.O=C(O)C(F)(F)F.O=C(O)C(F)(F)F.O=C(O)C(F)(F)F.O=C(O)C(F)(F)F. The number of benzene rings is 2. The zero-order valence-corrected chi connectivity index (χ0v) is 47.3. The number of halogens is 18. The predicted octanol–water partition coefficient (Wildman–Crippen LogP) is 5.80. The number of nitrogens with one attached hydrogen (secondary N) is 6. The van der Waals surface area contributed by atoms with Crippen LogP contribution in [0.15, 0.2) is 46.6 Å². The number of unbranched alkanes of at least 4 members (excludes halogenated alkanes) is 2. The van der Waals surface area contributed by atoms with Gasteiger partial charge in [0.1, 0.15) is 29.9 Å². The lowest BCUT2D eigenvalue weighted by atomic mass is 10.1. The lowest BCUT2D eigenvalue weighted by molar-refractivity contribution is -0.193. The normalized spacial score (nSPS) is 14.5. The van der Waals surface area contributed by atoms with E-state index in [2.05, 4.69) is 51.9 Å². The molecule has 0 saturated carbocycles. The number of rotatable bonds is 20. The highest BCUT2D eigenvalue weighted by molar-refractivity contribution is 6.09. The number of guanidine groups is 2. The van der Waals surface area contributed by atoms with Crippen molar-refractivity contribution in [3.05, 3.63) is 59.2 Å². The average Bonchev–Trinajstić information content (AvgIpc) is 0.933. The van der Waals surface area contributed by atoms with Crippen molar-refractivity contribution in [2.24, 2.45) is 32.9 Å². The first-order valence-corrected chi connectivity index (χ1v) is 25.6. The minimum Gasteiger partial charge on any atom is -0.485 e. The Kier molecular flexibility index (Phi) is 31.7. The number of carbonyl (C=O) groups excluding carboxylic acids is 4. The van der Waals surface area contributed by atoms with E-state index in [9.17, 15) is 98.2 Å².